The summed E-state index contributed by atoms with van der Waals surface area (Å²) in [6.45, 7) is 0.601. The number of carbonyl (C=O) groups is 2. The monoisotopic (exact) mass is 266 g/mol. The molecule has 6 nitrogen and oxygen atoms in total. The average molecular weight is 266 g/mol. The van der Waals surface area contributed by atoms with Gasteiger partial charge in [0.2, 0.25) is 0 Å². The summed E-state index contributed by atoms with van der Waals surface area (Å²) in [5, 5.41) is 8.53. The number of fused-ring (bicyclic) bond motifs is 1. The van der Waals surface area contributed by atoms with E-state index in [4.69, 9.17) is 9.84 Å². The highest BCUT2D eigenvalue weighted by Crippen LogP contribution is 2.21. The Labute approximate surface area is 111 Å². The van der Waals surface area contributed by atoms with Gasteiger partial charge in [-0.3, -0.25) is 14.5 Å². The third kappa shape index (κ3) is 3.37. The first-order valence-electron chi connectivity index (χ1n) is 5.97. The highest BCUT2D eigenvalue weighted by atomic mass is 16.5. The van der Waals surface area contributed by atoms with Crippen LogP contribution in [0.1, 0.15) is 20.7 Å². The molecule has 1 aliphatic rings. The second-order valence-electron chi connectivity index (χ2n) is 3.64. The van der Waals surface area contributed by atoms with Crippen LogP contribution in [0.4, 0.5) is 0 Å². The number of aliphatic hydroxyl groups excluding tert-OH is 1. The van der Waals surface area contributed by atoms with Gasteiger partial charge in [0.1, 0.15) is 0 Å². The van der Waals surface area contributed by atoms with Crippen molar-refractivity contribution in [2.24, 2.45) is 5.73 Å². The molecular weight excluding hydrogens is 248 g/mol. The topological polar surface area (TPSA) is 92.9 Å². The number of nitrogens with zero attached hydrogens (tertiary/aromatic N) is 1. The Hall–Kier alpha value is -1.76. The maximum absolute atomic E-state index is 11.9. The zero-order chi connectivity index (χ0) is 14.3. The SMILES string of the molecule is CN.O=C1c2ccccc2C(=O)N1CCOCCO. The molecule has 0 bridgehead atoms. The van der Waals surface area contributed by atoms with Gasteiger partial charge in [-0.1, -0.05) is 12.1 Å². The molecule has 1 heterocycles. The molecule has 1 aromatic rings. The lowest BCUT2D eigenvalue weighted by Gasteiger charge is -2.13. The van der Waals surface area contributed by atoms with Crippen LogP contribution in [-0.2, 0) is 4.74 Å². The van der Waals surface area contributed by atoms with E-state index in [1.54, 1.807) is 24.3 Å². The summed E-state index contributed by atoms with van der Waals surface area (Å²) in [6, 6.07) is 6.75. The summed E-state index contributed by atoms with van der Waals surface area (Å²) in [4.78, 5) is 24.9. The number of carbonyl (C=O) groups excluding carboxylic acids is 2. The first-order valence-corrected chi connectivity index (χ1v) is 5.97. The largest absolute Gasteiger partial charge is 0.394 e. The van der Waals surface area contributed by atoms with Crippen molar-refractivity contribution in [2.75, 3.05) is 33.4 Å². The van der Waals surface area contributed by atoms with E-state index in [0.717, 1.165) is 0 Å². The Morgan fingerprint density at radius 3 is 2.11 bits per heavy atom. The van der Waals surface area contributed by atoms with Gasteiger partial charge in [-0.15, -0.1) is 0 Å². The molecule has 104 valence electrons. The molecule has 1 aromatic carbocycles. The van der Waals surface area contributed by atoms with E-state index in [0.29, 0.717) is 11.1 Å². The number of benzene rings is 1. The van der Waals surface area contributed by atoms with E-state index in [9.17, 15) is 9.59 Å². The minimum atomic E-state index is -0.279. The van der Waals surface area contributed by atoms with Gasteiger partial charge in [0, 0.05) is 0 Å². The zero-order valence-electron chi connectivity index (χ0n) is 10.8. The quantitative estimate of drug-likeness (QED) is 0.572. The molecule has 2 rings (SSSR count). The minimum Gasteiger partial charge on any atom is -0.394 e. The summed E-state index contributed by atoms with van der Waals surface area (Å²) < 4.78 is 5.04. The number of rotatable bonds is 5. The molecule has 0 saturated carbocycles. The normalized spacial score (nSPS) is 13.1. The number of hydrogen-bond donors (Lipinski definition) is 2. The first kappa shape index (κ1) is 15.3. The third-order valence-corrected chi connectivity index (χ3v) is 2.57. The highest BCUT2D eigenvalue weighted by molar-refractivity contribution is 6.21. The van der Waals surface area contributed by atoms with Crippen molar-refractivity contribution >= 4 is 11.8 Å². The van der Waals surface area contributed by atoms with Crippen LogP contribution in [0.3, 0.4) is 0 Å². The molecular formula is C13H18N2O4. The molecule has 2 amide bonds. The summed E-state index contributed by atoms with van der Waals surface area (Å²) in [5.41, 5.74) is 5.39. The van der Waals surface area contributed by atoms with Crippen LogP contribution in [0.15, 0.2) is 24.3 Å². The van der Waals surface area contributed by atoms with Crippen LogP contribution in [0.5, 0.6) is 0 Å². The smallest absolute Gasteiger partial charge is 0.261 e. The van der Waals surface area contributed by atoms with E-state index in [1.807, 2.05) is 0 Å². The van der Waals surface area contributed by atoms with Crippen molar-refractivity contribution in [1.82, 2.24) is 4.90 Å². The predicted molar refractivity (Wildman–Crippen MR) is 69.8 cm³/mol. The molecule has 3 N–H and O–H groups in total. The number of aliphatic hydroxyl groups is 1. The van der Waals surface area contributed by atoms with Crippen molar-refractivity contribution in [1.29, 1.82) is 0 Å². The van der Waals surface area contributed by atoms with Gasteiger partial charge in [-0.2, -0.15) is 0 Å². The molecule has 0 aliphatic carbocycles. The van der Waals surface area contributed by atoms with Gasteiger partial charge < -0.3 is 15.6 Å². The van der Waals surface area contributed by atoms with Crippen molar-refractivity contribution in [3.8, 4) is 0 Å². The average Bonchev–Trinajstić information content (AvgIpc) is 2.71. The highest BCUT2D eigenvalue weighted by Gasteiger charge is 2.34. The number of ether oxygens (including phenoxy) is 1. The standard InChI is InChI=1S/C12H13NO4.CH5N/c14-6-8-17-7-5-13-11(15)9-3-1-2-4-10(9)12(13)16;1-2/h1-4,14H,5-8H2;2H2,1H3. The van der Waals surface area contributed by atoms with Crippen molar-refractivity contribution in [2.45, 2.75) is 0 Å². The van der Waals surface area contributed by atoms with Gasteiger partial charge in [0.05, 0.1) is 37.5 Å². The summed E-state index contributed by atoms with van der Waals surface area (Å²) in [7, 11) is 1.50. The zero-order valence-corrected chi connectivity index (χ0v) is 10.8. The fourth-order valence-corrected chi connectivity index (χ4v) is 1.76. The lowest BCUT2D eigenvalue weighted by molar-refractivity contribution is 0.0514. The van der Waals surface area contributed by atoms with Gasteiger partial charge in [-0.05, 0) is 19.2 Å². The number of hydrogen-bond acceptors (Lipinski definition) is 5. The molecule has 1 aliphatic heterocycles. The first-order chi connectivity index (χ1) is 9.25. The minimum absolute atomic E-state index is 0.0673. The Morgan fingerprint density at radius 1 is 1.11 bits per heavy atom. The van der Waals surface area contributed by atoms with E-state index in [1.165, 1.54) is 11.9 Å². The Bertz CT molecular complexity index is 413. The van der Waals surface area contributed by atoms with Crippen LogP contribution >= 0.6 is 0 Å². The van der Waals surface area contributed by atoms with Crippen molar-refractivity contribution < 1.29 is 19.4 Å². The van der Waals surface area contributed by atoms with Gasteiger partial charge in [0.25, 0.3) is 11.8 Å². The van der Waals surface area contributed by atoms with Crippen LogP contribution in [-0.4, -0.2) is 55.2 Å². The van der Waals surface area contributed by atoms with E-state index < -0.39 is 0 Å². The number of amides is 2. The van der Waals surface area contributed by atoms with Crippen LogP contribution in [0.2, 0.25) is 0 Å². The van der Waals surface area contributed by atoms with Gasteiger partial charge in [-0.25, -0.2) is 0 Å². The lowest BCUT2D eigenvalue weighted by atomic mass is 10.1. The molecule has 6 heteroatoms. The van der Waals surface area contributed by atoms with Crippen LogP contribution in [0.25, 0.3) is 0 Å². The predicted octanol–water partition coefficient (Wildman–Crippen LogP) is -0.134. The fraction of sp³-hybridized carbons (Fsp3) is 0.385. The van der Waals surface area contributed by atoms with Crippen LogP contribution < -0.4 is 5.73 Å². The number of nitrogens with two attached hydrogens (primary N) is 1. The molecule has 0 aromatic heterocycles. The second kappa shape index (κ2) is 7.63. The lowest BCUT2D eigenvalue weighted by Crippen LogP contribution is -2.33. The molecule has 0 saturated heterocycles. The van der Waals surface area contributed by atoms with E-state index >= 15 is 0 Å². The Morgan fingerprint density at radius 2 is 1.63 bits per heavy atom. The van der Waals surface area contributed by atoms with Crippen molar-refractivity contribution in [3.05, 3.63) is 35.4 Å². The second-order valence-corrected chi connectivity index (χ2v) is 3.64. The maximum Gasteiger partial charge on any atom is 0.261 e. The van der Waals surface area contributed by atoms with Gasteiger partial charge >= 0.3 is 0 Å². The summed E-state index contributed by atoms with van der Waals surface area (Å²) in [6.07, 6.45) is 0. The maximum atomic E-state index is 11.9. The molecule has 0 atom stereocenters. The Balaban J connectivity index is 0.000000861. The van der Waals surface area contributed by atoms with Crippen LogP contribution in [0, 0.1) is 0 Å². The Kier molecular flexibility index (Phi) is 6.14. The molecule has 0 spiro atoms. The summed E-state index contributed by atoms with van der Waals surface area (Å²) in [5.74, 6) is -0.559. The van der Waals surface area contributed by atoms with E-state index in [-0.39, 0.29) is 38.2 Å². The van der Waals surface area contributed by atoms with Crippen molar-refractivity contribution in [3.63, 3.8) is 0 Å². The summed E-state index contributed by atoms with van der Waals surface area (Å²) >= 11 is 0. The molecule has 19 heavy (non-hydrogen) atoms. The molecule has 0 unspecified atom stereocenters. The molecule has 0 fully saturated rings. The van der Waals surface area contributed by atoms with Gasteiger partial charge in [0.15, 0.2) is 0 Å². The fourth-order valence-electron chi connectivity index (χ4n) is 1.76. The van der Waals surface area contributed by atoms with E-state index in [2.05, 4.69) is 5.73 Å². The third-order valence-electron chi connectivity index (χ3n) is 2.57. The number of imide groups is 1. The molecule has 0 radical (unpaired) electrons.